The maximum atomic E-state index is 11.3. The molecule has 0 bridgehead atoms. The molecule has 1 saturated heterocycles. The summed E-state index contributed by atoms with van der Waals surface area (Å²) in [7, 11) is 0. The van der Waals surface area contributed by atoms with E-state index in [-0.39, 0.29) is 11.3 Å². The molecular formula is C14H21N3O. The van der Waals surface area contributed by atoms with Gasteiger partial charge in [0.1, 0.15) is 0 Å². The fourth-order valence-corrected chi connectivity index (χ4v) is 2.05. The Balaban J connectivity index is 2.00. The third-order valence-electron chi connectivity index (χ3n) is 3.12. The van der Waals surface area contributed by atoms with Crippen molar-refractivity contribution < 1.29 is 4.79 Å². The predicted molar refractivity (Wildman–Crippen MR) is 71.2 cm³/mol. The highest BCUT2D eigenvalue weighted by atomic mass is 16.2. The van der Waals surface area contributed by atoms with E-state index in [9.17, 15) is 4.79 Å². The molecule has 0 aromatic carbocycles. The van der Waals surface area contributed by atoms with E-state index in [1.54, 1.807) is 0 Å². The Morgan fingerprint density at radius 2 is 2.17 bits per heavy atom. The minimum Gasteiger partial charge on any atom is -0.354 e. The molecule has 98 valence electrons. The Kier molecular flexibility index (Phi) is 3.66. The van der Waals surface area contributed by atoms with Crippen molar-refractivity contribution in [2.45, 2.75) is 32.7 Å². The van der Waals surface area contributed by atoms with Crippen molar-refractivity contribution in [1.29, 1.82) is 0 Å². The molecule has 1 aromatic rings. The van der Waals surface area contributed by atoms with Gasteiger partial charge in [-0.05, 0) is 11.6 Å². The molecule has 0 unspecified atom stereocenters. The van der Waals surface area contributed by atoms with Crippen LogP contribution in [0.4, 0.5) is 0 Å². The van der Waals surface area contributed by atoms with Gasteiger partial charge >= 0.3 is 0 Å². The molecule has 4 nitrogen and oxygen atoms in total. The van der Waals surface area contributed by atoms with Crippen molar-refractivity contribution in [3.05, 3.63) is 29.6 Å². The summed E-state index contributed by atoms with van der Waals surface area (Å²) in [6.07, 6.45) is 1.92. The molecule has 1 fully saturated rings. The molecule has 1 amide bonds. The van der Waals surface area contributed by atoms with E-state index in [4.69, 9.17) is 0 Å². The monoisotopic (exact) mass is 247 g/mol. The lowest BCUT2D eigenvalue weighted by atomic mass is 9.91. The molecule has 0 saturated carbocycles. The van der Waals surface area contributed by atoms with Crippen LogP contribution >= 0.6 is 0 Å². The molecule has 4 heteroatoms. The molecule has 0 atom stereocenters. The Labute approximate surface area is 108 Å². The number of nitrogens with zero attached hydrogens (tertiary/aromatic N) is 2. The Morgan fingerprint density at radius 1 is 1.39 bits per heavy atom. The number of amides is 1. The van der Waals surface area contributed by atoms with Crippen molar-refractivity contribution in [3.63, 3.8) is 0 Å². The largest absolute Gasteiger partial charge is 0.354 e. The number of carbonyl (C=O) groups is 1. The number of hydrogen-bond donors (Lipinski definition) is 1. The van der Waals surface area contributed by atoms with Crippen molar-refractivity contribution in [3.8, 4) is 0 Å². The van der Waals surface area contributed by atoms with Gasteiger partial charge in [0.2, 0.25) is 5.91 Å². The van der Waals surface area contributed by atoms with Crippen LogP contribution in [0, 0.1) is 0 Å². The first kappa shape index (κ1) is 13.0. The van der Waals surface area contributed by atoms with Crippen LogP contribution in [0.25, 0.3) is 0 Å². The van der Waals surface area contributed by atoms with Crippen molar-refractivity contribution >= 4 is 5.91 Å². The van der Waals surface area contributed by atoms with Crippen LogP contribution in [-0.2, 0) is 16.8 Å². The highest BCUT2D eigenvalue weighted by molar-refractivity contribution is 5.78. The van der Waals surface area contributed by atoms with Crippen LogP contribution in [0.1, 0.15) is 32.0 Å². The van der Waals surface area contributed by atoms with E-state index >= 15 is 0 Å². The normalized spacial score (nSPS) is 17.6. The van der Waals surface area contributed by atoms with Gasteiger partial charge in [-0.2, -0.15) is 0 Å². The molecule has 1 N–H and O–H groups in total. The molecule has 18 heavy (non-hydrogen) atoms. The summed E-state index contributed by atoms with van der Waals surface area (Å²) in [6.45, 7) is 9.41. The van der Waals surface area contributed by atoms with Crippen molar-refractivity contribution in [1.82, 2.24) is 15.2 Å². The SMILES string of the molecule is CC(C)(C)c1ccc(CN2CCNC(=O)C2)cn1. The number of nitrogens with one attached hydrogen (secondary N) is 1. The Hall–Kier alpha value is -1.42. The smallest absolute Gasteiger partial charge is 0.234 e. The molecule has 0 spiro atoms. The molecule has 1 aliphatic heterocycles. The van der Waals surface area contributed by atoms with E-state index in [0.717, 1.165) is 30.9 Å². The molecule has 2 rings (SSSR count). The molecule has 2 heterocycles. The summed E-state index contributed by atoms with van der Waals surface area (Å²) in [6, 6.07) is 4.19. The zero-order valence-corrected chi connectivity index (χ0v) is 11.4. The van der Waals surface area contributed by atoms with Crippen molar-refractivity contribution in [2.75, 3.05) is 19.6 Å². The number of rotatable bonds is 2. The minimum atomic E-state index is 0.0868. The van der Waals surface area contributed by atoms with Gasteiger partial charge < -0.3 is 5.32 Å². The van der Waals surface area contributed by atoms with E-state index in [1.807, 2.05) is 6.20 Å². The van der Waals surface area contributed by atoms with Crippen LogP contribution in [-0.4, -0.2) is 35.4 Å². The van der Waals surface area contributed by atoms with E-state index in [2.05, 4.69) is 48.1 Å². The summed E-state index contributed by atoms with van der Waals surface area (Å²) >= 11 is 0. The van der Waals surface area contributed by atoms with Crippen LogP contribution in [0.15, 0.2) is 18.3 Å². The Morgan fingerprint density at radius 3 is 2.72 bits per heavy atom. The summed E-state index contributed by atoms with van der Waals surface area (Å²) in [5, 5.41) is 2.83. The quantitative estimate of drug-likeness (QED) is 0.857. The number of aromatic nitrogens is 1. The zero-order chi connectivity index (χ0) is 13.2. The highest BCUT2D eigenvalue weighted by Crippen LogP contribution is 2.20. The summed E-state index contributed by atoms with van der Waals surface area (Å²) in [5.74, 6) is 0.112. The fourth-order valence-electron chi connectivity index (χ4n) is 2.05. The minimum absolute atomic E-state index is 0.0868. The second-order valence-electron chi connectivity index (χ2n) is 5.86. The second-order valence-corrected chi connectivity index (χ2v) is 5.86. The van der Waals surface area contributed by atoms with Gasteiger partial charge in [0.15, 0.2) is 0 Å². The third-order valence-corrected chi connectivity index (χ3v) is 3.12. The highest BCUT2D eigenvalue weighted by Gasteiger charge is 2.17. The lowest BCUT2D eigenvalue weighted by Gasteiger charge is -2.26. The molecular weight excluding hydrogens is 226 g/mol. The third kappa shape index (κ3) is 3.29. The standard InChI is InChI=1S/C14H21N3O/c1-14(2,3)12-5-4-11(8-16-12)9-17-7-6-15-13(18)10-17/h4-5,8H,6-7,9-10H2,1-3H3,(H,15,18). The molecule has 1 aliphatic rings. The number of carbonyl (C=O) groups excluding carboxylic acids is 1. The second kappa shape index (κ2) is 5.06. The summed E-state index contributed by atoms with van der Waals surface area (Å²) in [5.41, 5.74) is 2.35. The fraction of sp³-hybridized carbons (Fsp3) is 0.571. The van der Waals surface area contributed by atoms with E-state index in [1.165, 1.54) is 0 Å². The Bertz CT molecular complexity index is 420. The van der Waals surface area contributed by atoms with Crippen molar-refractivity contribution in [2.24, 2.45) is 0 Å². The summed E-state index contributed by atoms with van der Waals surface area (Å²) < 4.78 is 0. The molecule has 0 radical (unpaired) electrons. The van der Waals surface area contributed by atoms with Gasteiger partial charge in [0.25, 0.3) is 0 Å². The zero-order valence-electron chi connectivity index (χ0n) is 11.4. The van der Waals surface area contributed by atoms with Gasteiger partial charge in [-0.15, -0.1) is 0 Å². The maximum Gasteiger partial charge on any atom is 0.234 e. The first-order chi connectivity index (χ1) is 8.45. The average Bonchev–Trinajstić information content (AvgIpc) is 2.28. The topological polar surface area (TPSA) is 45.2 Å². The number of hydrogen-bond acceptors (Lipinski definition) is 3. The van der Waals surface area contributed by atoms with Crippen LogP contribution in [0.5, 0.6) is 0 Å². The van der Waals surface area contributed by atoms with E-state index in [0.29, 0.717) is 6.54 Å². The van der Waals surface area contributed by atoms with Crippen LogP contribution < -0.4 is 5.32 Å². The van der Waals surface area contributed by atoms with E-state index < -0.39 is 0 Å². The first-order valence-electron chi connectivity index (χ1n) is 6.39. The maximum absolute atomic E-state index is 11.3. The first-order valence-corrected chi connectivity index (χ1v) is 6.39. The summed E-state index contributed by atoms with van der Waals surface area (Å²) in [4.78, 5) is 17.9. The molecule has 0 aliphatic carbocycles. The van der Waals surface area contributed by atoms with Gasteiger partial charge in [0.05, 0.1) is 6.54 Å². The number of pyridine rings is 1. The lowest BCUT2D eigenvalue weighted by molar-refractivity contribution is -0.124. The van der Waals surface area contributed by atoms with Crippen LogP contribution in [0.3, 0.4) is 0 Å². The van der Waals surface area contributed by atoms with Gasteiger partial charge in [0, 0.05) is 36.9 Å². The molecule has 1 aromatic heterocycles. The van der Waals surface area contributed by atoms with Gasteiger partial charge in [-0.1, -0.05) is 26.8 Å². The number of piperazine rings is 1. The van der Waals surface area contributed by atoms with Gasteiger partial charge in [-0.25, -0.2) is 0 Å². The van der Waals surface area contributed by atoms with Crippen LogP contribution in [0.2, 0.25) is 0 Å². The average molecular weight is 247 g/mol. The van der Waals surface area contributed by atoms with Gasteiger partial charge in [-0.3, -0.25) is 14.7 Å². The lowest BCUT2D eigenvalue weighted by Crippen LogP contribution is -2.47. The predicted octanol–water partition coefficient (Wildman–Crippen LogP) is 1.31.